The lowest BCUT2D eigenvalue weighted by atomic mass is 10.1. The number of aromatic nitrogens is 8. The van der Waals surface area contributed by atoms with Crippen molar-refractivity contribution in [1.29, 1.82) is 0 Å². The zero-order valence-electron chi connectivity index (χ0n) is 28.7. The number of aryl methyl sites for hydroxylation is 4. The van der Waals surface area contributed by atoms with Crippen LogP contribution >= 0.6 is 0 Å². The fourth-order valence-corrected chi connectivity index (χ4v) is 5.97. The number of hydrogen-bond acceptors (Lipinski definition) is 8. The average molecular weight is 731 g/mol. The number of imidazole rings is 2. The summed E-state index contributed by atoms with van der Waals surface area (Å²) >= 11 is 0. The van der Waals surface area contributed by atoms with E-state index in [1.165, 1.54) is 54.9 Å². The molecule has 0 spiro atoms. The van der Waals surface area contributed by atoms with E-state index in [4.69, 9.17) is 11.5 Å². The molecular weight excluding hydrogens is 690 g/mol. The summed E-state index contributed by atoms with van der Waals surface area (Å²) in [4.78, 5) is 59.3. The lowest BCUT2D eigenvalue weighted by molar-refractivity contribution is 0.0992. The Morgan fingerprint density at radius 2 is 1.06 bits per heavy atom. The molecule has 4 aromatic heterocycles. The Labute approximate surface area is 302 Å². The molecule has 4 heterocycles. The van der Waals surface area contributed by atoms with Crippen LogP contribution in [0.3, 0.4) is 0 Å². The molecule has 2 aromatic carbocycles. The minimum absolute atomic E-state index is 0. The van der Waals surface area contributed by atoms with Crippen molar-refractivity contribution in [3.8, 4) is 0 Å². The molecule has 0 aliphatic carbocycles. The fraction of sp³-hybridized carbons (Fsp3) is 0.314. The van der Waals surface area contributed by atoms with E-state index >= 15 is 8.78 Å². The second-order valence-electron chi connectivity index (χ2n) is 12.1. The minimum atomic E-state index is -2.19. The van der Waals surface area contributed by atoms with E-state index in [-0.39, 0.29) is 52.9 Å². The highest BCUT2D eigenvalue weighted by Gasteiger charge is 2.28. The van der Waals surface area contributed by atoms with Crippen molar-refractivity contribution in [2.75, 3.05) is 10.6 Å². The number of nitrogens with two attached hydrogens (primary N) is 2. The molecule has 0 aliphatic rings. The van der Waals surface area contributed by atoms with Crippen LogP contribution in [0.1, 0.15) is 74.4 Å². The second-order valence-corrected chi connectivity index (χ2v) is 12.1. The van der Waals surface area contributed by atoms with E-state index in [1.807, 2.05) is 13.8 Å². The summed E-state index contributed by atoms with van der Waals surface area (Å²) in [6.07, 6.45) is -4.38. The van der Waals surface area contributed by atoms with Gasteiger partial charge in [-0.2, -0.15) is 10.2 Å². The largest absolute Gasteiger partial charge is 0.366 e. The summed E-state index contributed by atoms with van der Waals surface area (Å²) in [5.74, 6) is -2.79. The number of rotatable bonds is 13. The number of primary amides is 2. The van der Waals surface area contributed by atoms with Gasteiger partial charge in [0.05, 0.1) is 46.5 Å². The maximum atomic E-state index is 16.2. The van der Waals surface area contributed by atoms with Crippen molar-refractivity contribution in [3.63, 3.8) is 0 Å². The number of benzene rings is 2. The van der Waals surface area contributed by atoms with Gasteiger partial charge in [0, 0.05) is 24.2 Å². The van der Waals surface area contributed by atoms with Gasteiger partial charge in [-0.15, -0.1) is 0 Å². The number of alkyl halides is 2. The topological polar surface area (TPSA) is 216 Å². The molecule has 0 aliphatic heterocycles. The van der Waals surface area contributed by atoms with Gasteiger partial charge >= 0.3 is 0 Å². The fourth-order valence-electron chi connectivity index (χ4n) is 5.97. The highest BCUT2D eigenvalue weighted by molar-refractivity contribution is 6.04. The number of carbonyl (C=O) groups is 4. The number of carbonyl (C=O) groups excluding carboxylic acids is 4. The van der Waals surface area contributed by atoms with Crippen LogP contribution in [0, 0.1) is 13.8 Å². The van der Waals surface area contributed by atoms with Crippen molar-refractivity contribution in [1.82, 2.24) is 38.7 Å². The van der Waals surface area contributed by atoms with E-state index in [0.29, 0.717) is 35.5 Å². The number of anilines is 2. The number of nitrogens with zero attached hydrogens (tertiary/aromatic N) is 8. The van der Waals surface area contributed by atoms with Crippen LogP contribution in [0.25, 0.3) is 22.1 Å². The van der Waals surface area contributed by atoms with E-state index in [9.17, 15) is 19.2 Å². The van der Waals surface area contributed by atoms with Crippen molar-refractivity contribution in [3.05, 3.63) is 82.4 Å². The number of halogens is 2. The molecule has 6 N–H and O–H groups in total. The van der Waals surface area contributed by atoms with Gasteiger partial charge in [-0.3, -0.25) is 39.2 Å². The molecule has 18 heteroatoms. The standard InChI is InChI=1S/C34H36F2N12O4.CH4/c1-5-47-27(11-17(3)43-47)31(51)41-33-39-23-13-19(29(37)49)7-9-25(23)45(33)15-21(35)22(36)16-46-26-10-8-20(30(38)50)14-24(26)40-34(46)42-32(52)28-12-18(4)44-48(28)6-2;/h7-14,21-22H,5-6,15-16H2,1-4H3,(H2,37,49)(H2,38,50)(H,39,41,51)(H,40,42,52);1H4. The highest BCUT2D eigenvalue weighted by Crippen LogP contribution is 2.27. The van der Waals surface area contributed by atoms with Crippen molar-refractivity contribution < 1.29 is 28.0 Å². The first-order chi connectivity index (χ1) is 24.8. The van der Waals surface area contributed by atoms with Crippen LogP contribution in [0.4, 0.5) is 20.7 Å². The number of amides is 4. The van der Waals surface area contributed by atoms with Gasteiger partial charge in [-0.25, -0.2) is 18.7 Å². The predicted molar refractivity (Wildman–Crippen MR) is 194 cm³/mol. The quantitative estimate of drug-likeness (QED) is 0.135. The molecule has 0 bridgehead atoms. The van der Waals surface area contributed by atoms with Gasteiger partial charge in [0.1, 0.15) is 11.4 Å². The number of fused-ring (bicyclic) bond motifs is 2. The van der Waals surface area contributed by atoms with Crippen molar-refractivity contribution in [2.45, 2.75) is 73.6 Å². The normalized spacial score (nSPS) is 12.4. The minimum Gasteiger partial charge on any atom is -0.366 e. The Bertz CT molecular complexity index is 2210. The molecule has 2 atom stereocenters. The molecule has 6 aromatic rings. The Kier molecular flexibility index (Phi) is 10.7. The van der Waals surface area contributed by atoms with Crippen LogP contribution in [-0.2, 0) is 26.2 Å². The molecule has 0 saturated carbocycles. The lowest BCUT2D eigenvalue weighted by Crippen LogP contribution is -2.29. The summed E-state index contributed by atoms with van der Waals surface area (Å²) in [7, 11) is 0. The molecule has 2 unspecified atom stereocenters. The van der Waals surface area contributed by atoms with Crippen LogP contribution in [0.2, 0.25) is 0 Å². The third-order valence-corrected chi connectivity index (χ3v) is 8.49. The molecule has 4 amide bonds. The van der Waals surface area contributed by atoms with Crippen molar-refractivity contribution in [2.24, 2.45) is 11.5 Å². The predicted octanol–water partition coefficient (Wildman–Crippen LogP) is 4.15. The molecule has 6 rings (SSSR count). The average Bonchev–Trinajstić information content (AvgIpc) is 3.86. The summed E-state index contributed by atoms with van der Waals surface area (Å²) < 4.78 is 37.9. The molecule has 16 nitrogen and oxygen atoms in total. The molecule has 0 saturated heterocycles. The summed E-state index contributed by atoms with van der Waals surface area (Å²) in [6.45, 7) is 6.70. The first kappa shape index (κ1) is 37.8. The van der Waals surface area contributed by atoms with Crippen LogP contribution in [-0.4, -0.2) is 74.6 Å². The second kappa shape index (κ2) is 15.0. The summed E-state index contributed by atoms with van der Waals surface area (Å²) in [6, 6.07) is 11.8. The Hall–Kier alpha value is -6.46. The Balaban J connectivity index is 0.00000541. The van der Waals surface area contributed by atoms with Crippen LogP contribution in [0.5, 0.6) is 0 Å². The molecule has 53 heavy (non-hydrogen) atoms. The van der Waals surface area contributed by atoms with E-state index in [0.717, 1.165) is 0 Å². The SMILES string of the molecule is C.CCn1nc(C)cc1C(=O)Nc1nc2cc(C(N)=O)ccc2n1CC(F)C(F)Cn1c(NC(=O)c2cc(C)nn2CC)nc2cc(C(N)=O)ccc21. The number of hydrogen-bond donors (Lipinski definition) is 4. The van der Waals surface area contributed by atoms with Crippen LogP contribution in [0.15, 0.2) is 48.5 Å². The van der Waals surface area contributed by atoms with Gasteiger partial charge in [0.15, 0.2) is 12.3 Å². The lowest BCUT2D eigenvalue weighted by Gasteiger charge is -2.19. The maximum absolute atomic E-state index is 16.2. The zero-order chi connectivity index (χ0) is 37.4. The monoisotopic (exact) mass is 730 g/mol. The van der Waals surface area contributed by atoms with Gasteiger partial charge in [0.25, 0.3) is 11.8 Å². The highest BCUT2D eigenvalue weighted by atomic mass is 19.2. The summed E-state index contributed by atoms with van der Waals surface area (Å²) in [5, 5.41) is 13.9. The Morgan fingerprint density at radius 3 is 1.40 bits per heavy atom. The van der Waals surface area contributed by atoms with Gasteiger partial charge < -0.3 is 20.6 Å². The Morgan fingerprint density at radius 1 is 0.679 bits per heavy atom. The third-order valence-electron chi connectivity index (χ3n) is 8.49. The first-order valence-electron chi connectivity index (χ1n) is 16.4. The van der Waals surface area contributed by atoms with E-state index < -0.39 is 49.1 Å². The first-order valence-corrected chi connectivity index (χ1v) is 16.4. The zero-order valence-corrected chi connectivity index (χ0v) is 28.7. The van der Waals surface area contributed by atoms with Gasteiger partial charge in [-0.05, 0) is 76.2 Å². The number of nitrogens with one attached hydrogen (secondary N) is 2. The van der Waals surface area contributed by atoms with Crippen molar-refractivity contribution >= 4 is 57.6 Å². The molecule has 278 valence electrons. The van der Waals surface area contributed by atoms with Gasteiger partial charge in [0.2, 0.25) is 23.7 Å². The molecular formula is C35H40F2N12O4. The molecule has 0 radical (unpaired) electrons. The summed E-state index contributed by atoms with van der Waals surface area (Å²) in [5.41, 5.74) is 13.9. The molecule has 0 fully saturated rings. The van der Waals surface area contributed by atoms with E-state index in [2.05, 4.69) is 30.8 Å². The smallest absolute Gasteiger partial charge is 0.276 e. The third kappa shape index (κ3) is 7.46. The van der Waals surface area contributed by atoms with Gasteiger partial charge in [-0.1, -0.05) is 7.43 Å². The van der Waals surface area contributed by atoms with E-state index in [1.54, 1.807) is 26.0 Å². The maximum Gasteiger partial charge on any atom is 0.276 e. The van der Waals surface area contributed by atoms with Crippen LogP contribution < -0.4 is 22.1 Å².